The quantitative estimate of drug-likeness (QED) is 0.588. The van der Waals surface area contributed by atoms with Gasteiger partial charge < -0.3 is 10.2 Å². The van der Waals surface area contributed by atoms with E-state index in [-0.39, 0.29) is 11.8 Å². The van der Waals surface area contributed by atoms with Crippen molar-refractivity contribution in [1.82, 2.24) is 10.2 Å². The Kier molecular flexibility index (Phi) is 9.55. The molecule has 1 N–H and O–H groups in total. The highest BCUT2D eigenvalue weighted by molar-refractivity contribution is 7.99. The van der Waals surface area contributed by atoms with Gasteiger partial charge in [0.1, 0.15) is 6.04 Å². The van der Waals surface area contributed by atoms with Crippen LogP contribution in [0.3, 0.4) is 0 Å². The van der Waals surface area contributed by atoms with E-state index in [2.05, 4.69) is 5.32 Å². The maximum Gasteiger partial charge on any atom is 0.242 e. The lowest BCUT2D eigenvalue weighted by molar-refractivity contribution is -0.138. The topological polar surface area (TPSA) is 49.4 Å². The van der Waals surface area contributed by atoms with Crippen LogP contribution in [0.4, 0.5) is 0 Å². The molecule has 1 unspecified atom stereocenters. The number of benzene rings is 2. The maximum absolute atomic E-state index is 13.0. The number of carbonyl (C=O) groups is 2. The number of carbonyl (C=O) groups excluding carboxylic acids is 2. The first-order chi connectivity index (χ1) is 13.9. The highest BCUT2D eigenvalue weighted by Gasteiger charge is 2.26. The van der Waals surface area contributed by atoms with E-state index in [1.54, 1.807) is 29.7 Å². The van der Waals surface area contributed by atoms with Crippen LogP contribution < -0.4 is 5.32 Å². The number of thioether (sulfide) groups is 1. The third kappa shape index (κ3) is 8.11. The molecule has 0 aromatic heterocycles. The fourth-order valence-electron chi connectivity index (χ4n) is 2.78. The summed E-state index contributed by atoms with van der Waals surface area (Å²) in [4.78, 5) is 27.2. The van der Waals surface area contributed by atoms with Crippen molar-refractivity contribution in [2.75, 3.05) is 12.3 Å². The first-order valence-corrected chi connectivity index (χ1v) is 11.3. The van der Waals surface area contributed by atoms with Gasteiger partial charge in [-0.15, -0.1) is 11.8 Å². The molecule has 0 radical (unpaired) electrons. The van der Waals surface area contributed by atoms with Gasteiger partial charge in [-0.25, -0.2) is 0 Å². The van der Waals surface area contributed by atoms with Crippen molar-refractivity contribution in [3.8, 4) is 0 Å². The van der Waals surface area contributed by atoms with Gasteiger partial charge in [-0.1, -0.05) is 67.9 Å². The van der Waals surface area contributed by atoms with Crippen LogP contribution >= 0.6 is 23.4 Å². The van der Waals surface area contributed by atoms with Crippen LogP contribution in [0.5, 0.6) is 0 Å². The van der Waals surface area contributed by atoms with Crippen molar-refractivity contribution in [1.29, 1.82) is 0 Å². The molecule has 0 heterocycles. The maximum atomic E-state index is 13.0. The number of amides is 2. The van der Waals surface area contributed by atoms with Crippen molar-refractivity contribution in [3.05, 3.63) is 70.7 Å². The highest BCUT2D eigenvalue weighted by atomic mass is 35.5. The molecule has 29 heavy (non-hydrogen) atoms. The molecule has 2 aromatic carbocycles. The molecule has 2 amide bonds. The number of rotatable bonds is 10. The number of hydrogen-bond donors (Lipinski definition) is 1. The molecule has 156 valence electrons. The number of hydrogen-bond acceptors (Lipinski definition) is 3. The Morgan fingerprint density at radius 1 is 1.03 bits per heavy atom. The van der Waals surface area contributed by atoms with Crippen LogP contribution in [0.15, 0.2) is 54.6 Å². The molecule has 0 aliphatic rings. The van der Waals surface area contributed by atoms with Crippen LogP contribution in [0.25, 0.3) is 0 Å². The third-order valence-corrected chi connectivity index (χ3v) is 5.65. The molecule has 0 aliphatic carbocycles. The van der Waals surface area contributed by atoms with Gasteiger partial charge in [-0.3, -0.25) is 9.59 Å². The zero-order chi connectivity index (χ0) is 21.2. The van der Waals surface area contributed by atoms with E-state index in [9.17, 15) is 9.59 Å². The summed E-state index contributed by atoms with van der Waals surface area (Å²) in [6.45, 7) is 6.80. The zero-order valence-electron chi connectivity index (χ0n) is 17.2. The van der Waals surface area contributed by atoms with Gasteiger partial charge in [0, 0.05) is 23.9 Å². The van der Waals surface area contributed by atoms with E-state index in [1.807, 2.05) is 62.4 Å². The summed E-state index contributed by atoms with van der Waals surface area (Å²) in [6, 6.07) is 16.9. The summed E-state index contributed by atoms with van der Waals surface area (Å²) in [5.74, 6) is 1.23. The summed E-state index contributed by atoms with van der Waals surface area (Å²) in [6.07, 6.45) is 0. The van der Waals surface area contributed by atoms with Crippen molar-refractivity contribution in [2.24, 2.45) is 5.92 Å². The van der Waals surface area contributed by atoms with Gasteiger partial charge in [-0.2, -0.15) is 0 Å². The average Bonchev–Trinajstić information content (AvgIpc) is 2.70. The second kappa shape index (κ2) is 11.9. The predicted molar refractivity (Wildman–Crippen MR) is 122 cm³/mol. The van der Waals surface area contributed by atoms with Gasteiger partial charge in [0.15, 0.2) is 0 Å². The molecule has 4 nitrogen and oxygen atoms in total. The first-order valence-electron chi connectivity index (χ1n) is 9.80. The first kappa shape index (κ1) is 23.3. The molecule has 0 spiro atoms. The molecule has 0 saturated heterocycles. The molecule has 0 fully saturated rings. The summed E-state index contributed by atoms with van der Waals surface area (Å²) in [5, 5.41) is 3.55. The van der Waals surface area contributed by atoms with Crippen molar-refractivity contribution in [2.45, 2.75) is 39.1 Å². The lowest BCUT2D eigenvalue weighted by atomic mass is 10.1. The predicted octanol–water partition coefficient (Wildman–Crippen LogP) is 4.76. The van der Waals surface area contributed by atoms with Crippen molar-refractivity contribution >= 4 is 35.2 Å². The van der Waals surface area contributed by atoms with Gasteiger partial charge in [0.2, 0.25) is 11.8 Å². The monoisotopic (exact) mass is 432 g/mol. The van der Waals surface area contributed by atoms with Gasteiger partial charge >= 0.3 is 0 Å². The molecule has 0 aliphatic heterocycles. The van der Waals surface area contributed by atoms with Crippen LogP contribution in [-0.4, -0.2) is 35.1 Å². The number of nitrogens with one attached hydrogen (secondary N) is 1. The summed E-state index contributed by atoms with van der Waals surface area (Å²) < 4.78 is 0. The Labute approximate surface area is 183 Å². The minimum Gasteiger partial charge on any atom is -0.354 e. The van der Waals surface area contributed by atoms with Crippen molar-refractivity contribution < 1.29 is 9.59 Å². The number of nitrogens with zero attached hydrogens (tertiary/aromatic N) is 1. The SMILES string of the molecule is CC(C)CNC(=O)C(C)N(Cc1cccc(Cl)c1)C(=O)CSCc1ccccc1. The molecule has 2 rings (SSSR count). The van der Waals surface area contributed by atoms with Crippen molar-refractivity contribution in [3.63, 3.8) is 0 Å². The fraction of sp³-hybridized carbons (Fsp3) is 0.391. The summed E-state index contributed by atoms with van der Waals surface area (Å²) in [7, 11) is 0. The highest BCUT2D eigenvalue weighted by Crippen LogP contribution is 2.17. The molecule has 1 atom stereocenters. The van der Waals surface area contributed by atoms with E-state index in [1.165, 1.54) is 5.56 Å². The Balaban J connectivity index is 2.05. The smallest absolute Gasteiger partial charge is 0.242 e. The number of halogens is 1. The zero-order valence-corrected chi connectivity index (χ0v) is 18.8. The van der Waals surface area contributed by atoms with Crippen LogP contribution in [0.2, 0.25) is 5.02 Å². The Morgan fingerprint density at radius 3 is 2.38 bits per heavy atom. The summed E-state index contributed by atoms with van der Waals surface area (Å²) in [5.41, 5.74) is 2.08. The van der Waals surface area contributed by atoms with E-state index in [0.29, 0.717) is 29.8 Å². The standard InChI is InChI=1S/C23H29ClN2O2S/c1-17(2)13-25-23(28)18(3)26(14-20-10-7-11-21(24)12-20)22(27)16-29-15-19-8-5-4-6-9-19/h4-12,17-18H,13-16H2,1-3H3,(H,25,28). The fourth-order valence-corrected chi connectivity index (χ4v) is 3.86. The van der Waals surface area contributed by atoms with E-state index >= 15 is 0 Å². The minimum absolute atomic E-state index is 0.0573. The lowest BCUT2D eigenvalue weighted by Gasteiger charge is -2.29. The second-order valence-electron chi connectivity index (χ2n) is 7.44. The van der Waals surface area contributed by atoms with Crippen LogP contribution in [-0.2, 0) is 21.9 Å². The third-order valence-electron chi connectivity index (χ3n) is 4.43. The van der Waals surface area contributed by atoms with Crippen LogP contribution in [0, 0.1) is 5.92 Å². The summed E-state index contributed by atoms with van der Waals surface area (Å²) >= 11 is 7.65. The molecule has 0 bridgehead atoms. The van der Waals surface area contributed by atoms with E-state index in [4.69, 9.17) is 11.6 Å². The lowest BCUT2D eigenvalue weighted by Crippen LogP contribution is -2.48. The van der Waals surface area contributed by atoms with Gasteiger partial charge in [0.25, 0.3) is 0 Å². The average molecular weight is 433 g/mol. The molecule has 2 aromatic rings. The molecular weight excluding hydrogens is 404 g/mol. The molecule has 0 saturated carbocycles. The van der Waals surface area contributed by atoms with Gasteiger partial charge in [-0.05, 0) is 36.1 Å². The molecule has 6 heteroatoms. The normalized spacial score (nSPS) is 11.9. The molecular formula is C23H29ClN2O2S. The Morgan fingerprint density at radius 2 is 1.72 bits per heavy atom. The van der Waals surface area contributed by atoms with E-state index in [0.717, 1.165) is 11.3 Å². The largest absolute Gasteiger partial charge is 0.354 e. The minimum atomic E-state index is -0.558. The van der Waals surface area contributed by atoms with E-state index < -0.39 is 6.04 Å². The van der Waals surface area contributed by atoms with Crippen LogP contribution in [0.1, 0.15) is 31.9 Å². The van der Waals surface area contributed by atoms with Gasteiger partial charge in [0.05, 0.1) is 5.75 Å². The second-order valence-corrected chi connectivity index (χ2v) is 8.87. The Bertz CT molecular complexity index is 798. The Hall–Kier alpha value is -1.98.